The van der Waals surface area contributed by atoms with Crippen molar-refractivity contribution in [1.29, 1.82) is 0 Å². The van der Waals surface area contributed by atoms with Crippen molar-refractivity contribution >= 4 is 5.91 Å². The van der Waals surface area contributed by atoms with E-state index in [1.54, 1.807) is 0 Å². The molecule has 0 aromatic heterocycles. The molecule has 138 valence electrons. The van der Waals surface area contributed by atoms with Crippen LogP contribution in [0, 0.1) is 0 Å². The maximum Gasteiger partial charge on any atom is 0.220 e. The first-order valence-electron chi connectivity index (χ1n) is 9.45. The van der Waals surface area contributed by atoms with Gasteiger partial charge in [-0.1, -0.05) is 42.5 Å². The Morgan fingerprint density at radius 3 is 2.27 bits per heavy atom. The van der Waals surface area contributed by atoms with Crippen LogP contribution >= 0.6 is 0 Å². The van der Waals surface area contributed by atoms with E-state index in [0.29, 0.717) is 26.1 Å². The minimum atomic E-state index is -0.166. The van der Waals surface area contributed by atoms with Crippen LogP contribution in [0.25, 0.3) is 0 Å². The van der Waals surface area contributed by atoms with Crippen LogP contribution in [-0.2, 0) is 10.3 Å². The predicted octanol–water partition coefficient (Wildman–Crippen LogP) is 4.44. The minimum absolute atomic E-state index is 0.0928. The monoisotopic (exact) mass is 353 g/mol. The Bertz CT molecular complexity index is 710. The molecule has 1 fully saturated rings. The Morgan fingerprint density at radius 1 is 1.00 bits per heavy atom. The highest BCUT2D eigenvalue weighted by Gasteiger charge is 2.39. The van der Waals surface area contributed by atoms with E-state index in [-0.39, 0.29) is 11.4 Å². The highest BCUT2D eigenvalue weighted by atomic mass is 16.5. The van der Waals surface area contributed by atoms with Crippen molar-refractivity contribution in [3.8, 4) is 11.5 Å². The molecule has 0 saturated heterocycles. The summed E-state index contributed by atoms with van der Waals surface area (Å²) in [7, 11) is 0. The first-order valence-corrected chi connectivity index (χ1v) is 9.45. The second-order valence-corrected chi connectivity index (χ2v) is 6.68. The van der Waals surface area contributed by atoms with Crippen molar-refractivity contribution in [2.24, 2.45) is 0 Å². The lowest BCUT2D eigenvalue weighted by Gasteiger charge is -2.43. The second kappa shape index (κ2) is 8.75. The lowest BCUT2D eigenvalue weighted by molar-refractivity contribution is -0.124. The van der Waals surface area contributed by atoms with Crippen molar-refractivity contribution in [1.82, 2.24) is 5.32 Å². The molecule has 0 spiro atoms. The Kier molecular flexibility index (Phi) is 6.16. The summed E-state index contributed by atoms with van der Waals surface area (Å²) in [6.07, 6.45) is 4.33. The van der Waals surface area contributed by atoms with Gasteiger partial charge in [0.1, 0.15) is 0 Å². The van der Waals surface area contributed by atoms with E-state index in [1.807, 2.05) is 49.4 Å². The number of nitrogens with one attached hydrogen (secondary N) is 1. The fourth-order valence-corrected chi connectivity index (χ4v) is 3.36. The Morgan fingerprint density at radius 2 is 1.65 bits per heavy atom. The van der Waals surface area contributed by atoms with E-state index in [2.05, 4.69) is 17.4 Å². The SMILES string of the molecule is CCOc1ccccc1OCCCC(=O)NC1(c2ccccc2)CCC1. The van der Waals surface area contributed by atoms with Crippen LogP contribution in [0.2, 0.25) is 0 Å². The van der Waals surface area contributed by atoms with Crippen LogP contribution < -0.4 is 14.8 Å². The summed E-state index contributed by atoms with van der Waals surface area (Å²) in [6.45, 7) is 3.05. The third kappa shape index (κ3) is 4.37. The van der Waals surface area contributed by atoms with Crippen LogP contribution in [-0.4, -0.2) is 19.1 Å². The largest absolute Gasteiger partial charge is 0.490 e. The molecule has 0 aliphatic heterocycles. The summed E-state index contributed by atoms with van der Waals surface area (Å²) in [4.78, 5) is 12.4. The number of hydrogen-bond acceptors (Lipinski definition) is 3. The summed E-state index contributed by atoms with van der Waals surface area (Å²) in [5.74, 6) is 1.57. The number of benzene rings is 2. The van der Waals surface area contributed by atoms with Crippen molar-refractivity contribution in [2.75, 3.05) is 13.2 Å². The van der Waals surface area contributed by atoms with E-state index >= 15 is 0 Å². The number of ether oxygens (including phenoxy) is 2. The molecule has 2 aromatic rings. The molecule has 1 amide bonds. The van der Waals surface area contributed by atoms with Crippen molar-refractivity contribution in [3.63, 3.8) is 0 Å². The van der Waals surface area contributed by atoms with E-state index < -0.39 is 0 Å². The molecule has 1 aliphatic carbocycles. The maximum atomic E-state index is 12.4. The Labute approximate surface area is 155 Å². The predicted molar refractivity (Wildman–Crippen MR) is 102 cm³/mol. The lowest BCUT2D eigenvalue weighted by Crippen LogP contribution is -2.50. The van der Waals surface area contributed by atoms with Crippen molar-refractivity contribution < 1.29 is 14.3 Å². The molecule has 1 saturated carbocycles. The summed E-state index contributed by atoms with van der Waals surface area (Å²) in [5, 5.41) is 3.26. The quantitative estimate of drug-likeness (QED) is 0.678. The van der Waals surface area contributed by atoms with Crippen LogP contribution in [0.1, 0.15) is 44.6 Å². The summed E-state index contributed by atoms with van der Waals surface area (Å²) in [6, 6.07) is 17.9. The van der Waals surface area contributed by atoms with E-state index in [0.717, 1.165) is 30.8 Å². The molecule has 4 heteroatoms. The van der Waals surface area contributed by atoms with Crippen LogP contribution in [0.3, 0.4) is 0 Å². The zero-order chi connectivity index (χ0) is 18.2. The van der Waals surface area contributed by atoms with Gasteiger partial charge in [0.15, 0.2) is 11.5 Å². The standard InChI is InChI=1S/C22H27NO3/c1-2-25-19-12-6-7-13-20(19)26-17-8-14-21(24)23-22(15-9-16-22)18-10-4-3-5-11-18/h3-7,10-13H,2,8-9,14-17H2,1H3,(H,23,24). The van der Waals surface area contributed by atoms with Gasteiger partial charge in [-0.2, -0.15) is 0 Å². The van der Waals surface area contributed by atoms with Crippen LogP contribution in [0.15, 0.2) is 54.6 Å². The molecular weight excluding hydrogens is 326 g/mol. The molecule has 4 nitrogen and oxygen atoms in total. The third-order valence-electron chi connectivity index (χ3n) is 4.87. The molecule has 0 heterocycles. The zero-order valence-electron chi connectivity index (χ0n) is 15.4. The molecule has 2 aromatic carbocycles. The van der Waals surface area contributed by atoms with E-state index in [1.165, 1.54) is 5.56 Å². The molecule has 1 aliphatic rings. The van der Waals surface area contributed by atoms with Crippen LogP contribution in [0.4, 0.5) is 0 Å². The zero-order valence-corrected chi connectivity index (χ0v) is 15.4. The molecular formula is C22H27NO3. The number of carbonyl (C=O) groups excluding carboxylic acids is 1. The van der Waals surface area contributed by atoms with Gasteiger partial charge in [-0.25, -0.2) is 0 Å². The Hall–Kier alpha value is -2.49. The van der Waals surface area contributed by atoms with Crippen molar-refractivity contribution in [2.45, 2.75) is 44.6 Å². The third-order valence-corrected chi connectivity index (χ3v) is 4.87. The number of amides is 1. The topological polar surface area (TPSA) is 47.6 Å². The minimum Gasteiger partial charge on any atom is -0.490 e. The van der Waals surface area contributed by atoms with Gasteiger partial charge in [0.2, 0.25) is 5.91 Å². The lowest BCUT2D eigenvalue weighted by atomic mass is 9.71. The smallest absolute Gasteiger partial charge is 0.220 e. The average molecular weight is 353 g/mol. The van der Waals surface area contributed by atoms with Crippen molar-refractivity contribution in [3.05, 3.63) is 60.2 Å². The highest BCUT2D eigenvalue weighted by Crippen LogP contribution is 2.41. The highest BCUT2D eigenvalue weighted by molar-refractivity contribution is 5.77. The summed E-state index contributed by atoms with van der Waals surface area (Å²) < 4.78 is 11.3. The van der Waals surface area contributed by atoms with Gasteiger partial charge in [0, 0.05) is 6.42 Å². The van der Waals surface area contributed by atoms with Gasteiger partial charge >= 0.3 is 0 Å². The molecule has 26 heavy (non-hydrogen) atoms. The summed E-state index contributed by atoms with van der Waals surface area (Å²) in [5.41, 5.74) is 1.04. The van der Waals surface area contributed by atoms with Gasteiger partial charge in [-0.05, 0) is 50.3 Å². The van der Waals surface area contributed by atoms with E-state index in [9.17, 15) is 4.79 Å². The Balaban J connectivity index is 1.46. The van der Waals surface area contributed by atoms with E-state index in [4.69, 9.17) is 9.47 Å². The molecule has 0 atom stereocenters. The summed E-state index contributed by atoms with van der Waals surface area (Å²) >= 11 is 0. The van der Waals surface area contributed by atoms with Gasteiger partial charge in [0.25, 0.3) is 0 Å². The maximum absolute atomic E-state index is 12.4. The first kappa shape index (κ1) is 18.3. The molecule has 0 radical (unpaired) electrons. The second-order valence-electron chi connectivity index (χ2n) is 6.68. The number of para-hydroxylation sites is 2. The normalized spacial score (nSPS) is 15.0. The fraction of sp³-hybridized carbons (Fsp3) is 0.409. The van der Waals surface area contributed by atoms with Gasteiger partial charge in [-0.15, -0.1) is 0 Å². The number of hydrogen-bond donors (Lipinski definition) is 1. The molecule has 0 unspecified atom stereocenters. The molecule has 0 bridgehead atoms. The fourth-order valence-electron chi connectivity index (χ4n) is 3.36. The number of carbonyl (C=O) groups is 1. The molecule has 3 rings (SSSR count). The van der Waals surface area contributed by atoms with Gasteiger partial charge < -0.3 is 14.8 Å². The average Bonchev–Trinajstić information content (AvgIpc) is 2.64. The van der Waals surface area contributed by atoms with Gasteiger partial charge in [-0.3, -0.25) is 4.79 Å². The molecule has 1 N–H and O–H groups in total. The van der Waals surface area contributed by atoms with Gasteiger partial charge in [0.05, 0.1) is 18.8 Å². The number of rotatable bonds is 9. The van der Waals surface area contributed by atoms with Crippen LogP contribution in [0.5, 0.6) is 11.5 Å². The first-order chi connectivity index (χ1) is 12.7.